The fourth-order valence-corrected chi connectivity index (χ4v) is 2.68. The fourth-order valence-electron chi connectivity index (χ4n) is 2.68. The van der Waals surface area contributed by atoms with Crippen LogP contribution >= 0.6 is 0 Å². The molecule has 0 radical (unpaired) electrons. The van der Waals surface area contributed by atoms with Crippen molar-refractivity contribution in [3.63, 3.8) is 0 Å². The van der Waals surface area contributed by atoms with Crippen molar-refractivity contribution in [1.82, 2.24) is 10.2 Å². The van der Waals surface area contributed by atoms with Crippen LogP contribution in [-0.4, -0.2) is 10.2 Å². The molecule has 0 spiro atoms. The number of benzene rings is 3. The third-order valence-electron chi connectivity index (χ3n) is 3.72. The number of hydrogen-bond donors (Lipinski definition) is 1. The van der Waals surface area contributed by atoms with Gasteiger partial charge in [0.1, 0.15) is 0 Å². The van der Waals surface area contributed by atoms with E-state index in [0.717, 1.165) is 11.3 Å². The minimum atomic E-state index is -0.189. The second-order valence-corrected chi connectivity index (χ2v) is 5.03. The van der Waals surface area contributed by atoms with Crippen LogP contribution in [0.4, 0.5) is 0 Å². The van der Waals surface area contributed by atoms with Crippen LogP contribution in [0.5, 0.6) is 0 Å². The topological polar surface area (TPSA) is 45.8 Å². The van der Waals surface area contributed by atoms with E-state index in [4.69, 9.17) is 0 Å². The van der Waals surface area contributed by atoms with Crippen LogP contribution in [0.25, 0.3) is 32.8 Å². The zero-order chi connectivity index (χ0) is 14.2. The minimum Gasteiger partial charge on any atom is -0.268 e. The number of nitrogens with zero attached hydrogens (tertiary/aromatic N) is 1. The summed E-state index contributed by atoms with van der Waals surface area (Å²) in [6.07, 6.45) is 0. The molecule has 0 fully saturated rings. The molecule has 3 heteroatoms. The van der Waals surface area contributed by atoms with Gasteiger partial charge in [-0.25, -0.2) is 5.10 Å². The molecule has 3 nitrogen and oxygen atoms in total. The predicted octanol–water partition coefficient (Wildman–Crippen LogP) is 3.74. The fraction of sp³-hybridized carbons (Fsp3) is 0. The number of fused-ring (bicyclic) bond motifs is 3. The molecule has 3 aromatic carbocycles. The zero-order valence-electron chi connectivity index (χ0n) is 11.2. The first-order valence-electron chi connectivity index (χ1n) is 6.79. The molecule has 0 bridgehead atoms. The van der Waals surface area contributed by atoms with E-state index < -0.39 is 0 Å². The van der Waals surface area contributed by atoms with Gasteiger partial charge in [0, 0.05) is 11.6 Å². The van der Waals surface area contributed by atoms with Crippen molar-refractivity contribution in [1.29, 1.82) is 0 Å². The molecule has 0 atom stereocenters. The smallest absolute Gasteiger partial charge is 0.264 e. The van der Waals surface area contributed by atoms with Gasteiger partial charge in [0.2, 0.25) is 0 Å². The van der Waals surface area contributed by atoms with Crippen LogP contribution in [0.15, 0.2) is 71.5 Å². The highest BCUT2D eigenvalue weighted by Gasteiger charge is 2.04. The molecule has 1 aromatic heterocycles. The van der Waals surface area contributed by atoms with Gasteiger partial charge in [-0.1, -0.05) is 48.5 Å². The number of H-pyrrole nitrogens is 1. The Hall–Kier alpha value is -2.94. The Morgan fingerprint density at radius 2 is 1.57 bits per heavy atom. The first-order valence-corrected chi connectivity index (χ1v) is 6.79. The van der Waals surface area contributed by atoms with Gasteiger partial charge in [0.15, 0.2) is 0 Å². The highest BCUT2D eigenvalue weighted by Crippen LogP contribution is 2.28. The van der Waals surface area contributed by atoms with Crippen molar-refractivity contribution >= 4 is 21.5 Å². The van der Waals surface area contributed by atoms with Crippen LogP contribution in [0.1, 0.15) is 0 Å². The lowest BCUT2D eigenvalue weighted by atomic mass is 9.99. The van der Waals surface area contributed by atoms with E-state index in [-0.39, 0.29) is 5.56 Å². The molecule has 0 amide bonds. The van der Waals surface area contributed by atoms with E-state index in [1.165, 1.54) is 27.6 Å². The lowest BCUT2D eigenvalue weighted by molar-refractivity contribution is 0.996. The zero-order valence-corrected chi connectivity index (χ0v) is 11.2. The Labute approximate surface area is 120 Å². The maximum absolute atomic E-state index is 11.1. The van der Waals surface area contributed by atoms with Gasteiger partial charge in [-0.05, 0) is 33.7 Å². The number of rotatable bonds is 1. The maximum atomic E-state index is 11.1. The van der Waals surface area contributed by atoms with E-state index in [2.05, 4.69) is 52.7 Å². The molecule has 1 heterocycles. The highest BCUT2D eigenvalue weighted by atomic mass is 16.1. The molecule has 0 saturated carbocycles. The van der Waals surface area contributed by atoms with Gasteiger partial charge in [-0.2, -0.15) is 5.10 Å². The molecule has 0 aliphatic carbocycles. The van der Waals surface area contributed by atoms with Gasteiger partial charge < -0.3 is 0 Å². The van der Waals surface area contributed by atoms with Crippen molar-refractivity contribution in [2.75, 3.05) is 0 Å². The summed E-state index contributed by atoms with van der Waals surface area (Å²) >= 11 is 0. The van der Waals surface area contributed by atoms with E-state index in [0.29, 0.717) is 0 Å². The van der Waals surface area contributed by atoms with E-state index in [1.807, 2.05) is 12.1 Å². The number of nitrogens with one attached hydrogen (secondary N) is 1. The first kappa shape index (κ1) is 11.9. The Morgan fingerprint density at radius 1 is 0.762 bits per heavy atom. The lowest BCUT2D eigenvalue weighted by Crippen LogP contribution is -2.05. The molecule has 0 aliphatic heterocycles. The van der Waals surface area contributed by atoms with Crippen molar-refractivity contribution in [3.05, 3.63) is 77.1 Å². The Kier molecular flexibility index (Phi) is 2.57. The molecule has 4 aromatic rings. The number of hydrogen-bond acceptors (Lipinski definition) is 2. The summed E-state index contributed by atoms with van der Waals surface area (Å²) in [5, 5.41) is 11.4. The largest absolute Gasteiger partial charge is 0.268 e. The monoisotopic (exact) mass is 272 g/mol. The highest BCUT2D eigenvalue weighted by molar-refractivity contribution is 6.08. The van der Waals surface area contributed by atoms with E-state index in [1.54, 1.807) is 6.07 Å². The van der Waals surface area contributed by atoms with Gasteiger partial charge in [0.25, 0.3) is 5.56 Å². The molecule has 4 rings (SSSR count). The van der Waals surface area contributed by atoms with Crippen LogP contribution in [0.2, 0.25) is 0 Å². The van der Waals surface area contributed by atoms with Crippen LogP contribution in [-0.2, 0) is 0 Å². The lowest BCUT2D eigenvalue weighted by Gasteiger charge is -2.06. The molecule has 0 aliphatic rings. The molecule has 100 valence electrons. The SMILES string of the molecule is O=c1ccc(-c2ccc3c(ccc4ccccc43)c2)n[nH]1. The normalized spacial score (nSPS) is 11.0. The third kappa shape index (κ3) is 1.99. The minimum absolute atomic E-state index is 0.189. The van der Waals surface area contributed by atoms with Crippen molar-refractivity contribution in [2.24, 2.45) is 0 Å². The third-order valence-corrected chi connectivity index (χ3v) is 3.72. The summed E-state index contributed by atoms with van der Waals surface area (Å²) < 4.78 is 0. The molecule has 21 heavy (non-hydrogen) atoms. The molecular formula is C18H12N2O. The summed E-state index contributed by atoms with van der Waals surface area (Å²) in [6, 6.07) is 22.1. The number of aromatic amines is 1. The summed E-state index contributed by atoms with van der Waals surface area (Å²) in [7, 11) is 0. The second kappa shape index (κ2) is 4.56. The average molecular weight is 272 g/mol. The standard InChI is InChI=1S/C18H12N2O/c21-18-10-9-17(19-20-18)14-7-8-16-13(11-14)6-5-12-3-1-2-4-15(12)16/h1-11H,(H,20,21). The Bertz CT molecular complexity index is 998. The van der Waals surface area contributed by atoms with Gasteiger partial charge in [0.05, 0.1) is 5.69 Å². The molecule has 1 N–H and O–H groups in total. The Morgan fingerprint density at radius 3 is 2.43 bits per heavy atom. The quantitative estimate of drug-likeness (QED) is 0.536. The second-order valence-electron chi connectivity index (χ2n) is 5.03. The van der Waals surface area contributed by atoms with Crippen LogP contribution < -0.4 is 5.56 Å². The summed E-state index contributed by atoms with van der Waals surface area (Å²) in [5.74, 6) is 0. The van der Waals surface area contributed by atoms with E-state index >= 15 is 0 Å². The van der Waals surface area contributed by atoms with Crippen molar-refractivity contribution in [3.8, 4) is 11.3 Å². The van der Waals surface area contributed by atoms with Gasteiger partial charge >= 0.3 is 0 Å². The Balaban J connectivity index is 1.96. The molecule has 0 saturated heterocycles. The summed E-state index contributed by atoms with van der Waals surface area (Å²) in [6.45, 7) is 0. The van der Waals surface area contributed by atoms with Crippen LogP contribution in [0.3, 0.4) is 0 Å². The van der Waals surface area contributed by atoms with Gasteiger partial charge in [-0.3, -0.25) is 4.79 Å². The van der Waals surface area contributed by atoms with E-state index in [9.17, 15) is 4.79 Å². The van der Waals surface area contributed by atoms with Crippen molar-refractivity contribution in [2.45, 2.75) is 0 Å². The summed E-state index contributed by atoms with van der Waals surface area (Å²) in [5.41, 5.74) is 1.57. The van der Waals surface area contributed by atoms with Gasteiger partial charge in [-0.15, -0.1) is 0 Å². The summed E-state index contributed by atoms with van der Waals surface area (Å²) in [4.78, 5) is 11.1. The number of aromatic nitrogens is 2. The predicted molar refractivity (Wildman–Crippen MR) is 85.3 cm³/mol. The molecule has 0 unspecified atom stereocenters. The average Bonchev–Trinajstić information content (AvgIpc) is 2.55. The van der Waals surface area contributed by atoms with Crippen molar-refractivity contribution < 1.29 is 0 Å². The first-order chi connectivity index (χ1) is 10.3. The molecular weight excluding hydrogens is 260 g/mol. The van der Waals surface area contributed by atoms with Crippen LogP contribution in [0, 0.1) is 0 Å². The maximum Gasteiger partial charge on any atom is 0.264 e.